The lowest BCUT2D eigenvalue weighted by Crippen LogP contribution is -2.47. The molecule has 0 bridgehead atoms. The van der Waals surface area contributed by atoms with Crippen molar-refractivity contribution in [1.29, 1.82) is 0 Å². The molecule has 0 amide bonds. The number of carbonyl (C=O) groups excluding carboxylic acids is 1. The molecule has 2 heteroatoms. The van der Waals surface area contributed by atoms with E-state index in [1.807, 2.05) is 0 Å². The molecule has 3 saturated carbocycles. The van der Waals surface area contributed by atoms with Crippen LogP contribution in [0.15, 0.2) is 0 Å². The quantitative estimate of drug-likeness (QED) is 0.712. The predicted octanol–water partition coefficient (Wildman–Crippen LogP) is 3.44. The molecule has 3 fully saturated rings. The van der Waals surface area contributed by atoms with Crippen LogP contribution in [0.25, 0.3) is 0 Å². The fraction of sp³-hybridized carbons (Fsp3) is 0.938. The number of hydrogen-bond acceptors (Lipinski definition) is 2. The highest BCUT2D eigenvalue weighted by atomic mass is 16.5. The maximum Gasteiger partial charge on any atom is 0.142 e. The lowest BCUT2D eigenvalue weighted by atomic mass is 9.63. The summed E-state index contributed by atoms with van der Waals surface area (Å²) < 4.78 is 5.79. The highest BCUT2D eigenvalue weighted by Crippen LogP contribution is 2.76. The average Bonchev–Trinajstić information content (AvgIpc) is 2.72. The van der Waals surface area contributed by atoms with Crippen molar-refractivity contribution in [2.75, 3.05) is 7.11 Å². The molecule has 0 aromatic rings. The molecule has 102 valence electrons. The molecule has 0 N–H and O–H groups in total. The van der Waals surface area contributed by atoms with E-state index in [1.165, 1.54) is 6.42 Å². The van der Waals surface area contributed by atoms with Crippen molar-refractivity contribution in [1.82, 2.24) is 0 Å². The van der Waals surface area contributed by atoms with Gasteiger partial charge in [-0.05, 0) is 41.9 Å². The molecule has 0 saturated heterocycles. The van der Waals surface area contributed by atoms with Crippen LogP contribution in [0.1, 0.15) is 53.4 Å². The van der Waals surface area contributed by atoms with E-state index < -0.39 is 0 Å². The fourth-order valence-electron chi connectivity index (χ4n) is 6.61. The summed E-state index contributed by atoms with van der Waals surface area (Å²) >= 11 is 0. The standard InChI is InChI=1S/C16H26O2/c1-10-8-11(17)16-12(18-5)6-7-15(16,4)9-14(2,3)13(10)16/h10,12-13H,6-9H2,1-5H3/t10-,12+,13-,15-,16?/m0/s1. The number of Topliss-reactive ketones (excluding diaryl/α,β-unsaturated/α-hetero) is 1. The third-order valence-electron chi connectivity index (χ3n) is 6.47. The number of carbonyl (C=O) groups is 1. The molecule has 0 aromatic heterocycles. The van der Waals surface area contributed by atoms with Crippen LogP contribution in [0.3, 0.4) is 0 Å². The summed E-state index contributed by atoms with van der Waals surface area (Å²) in [5, 5.41) is 0. The smallest absolute Gasteiger partial charge is 0.142 e. The Morgan fingerprint density at radius 1 is 1.28 bits per heavy atom. The zero-order valence-corrected chi connectivity index (χ0v) is 12.4. The minimum Gasteiger partial charge on any atom is -0.380 e. The van der Waals surface area contributed by atoms with Gasteiger partial charge in [-0.1, -0.05) is 27.7 Å². The van der Waals surface area contributed by atoms with Gasteiger partial charge in [-0.25, -0.2) is 0 Å². The molecule has 1 unspecified atom stereocenters. The maximum atomic E-state index is 12.9. The van der Waals surface area contributed by atoms with Gasteiger partial charge in [-0.2, -0.15) is 0 Å². The second-order valence-corrected chi connectivity index (χ2v) is 7.94. The van der Waals surface area contributed by atoms with Crippen molar-refractivity contribution in [2.45, 2.75) is 59.5 Å². The van der Waals surface area contributed by atoms with E-state index in [9.17, 15) is 4.79 Å². The van der Waals surface area contributed by atoms with Gasteiger partial charge in [0.2, 0.25) is 0 Å². The van der Waals surface area contributed by atoms with Crippen molar-refractivity contribution in [2.24, 2.45) is 28.1 Å². The summed E-state index contributed by atoms with van der Waals surface area (Å²) in [6.07, 6.45) is 4.33. The SMILES string of the molecule is CO[C@@H]1CC[C@@]2(C)CC(C)(C)[C@@H]3[C@@H](C)CC(=O)C132. The van der Waals surface area contributed by atoms with E-state index in [2.05, 4.69) is 27.7 Å². The van der Waals surface area contributed by atoms with Crippen molar-refractivity contribution in [3.05, 3.63) is 0 Å². The Morgan fingerprint density at radius 3 is 2.56 bits per heavy atom. The van der Waals surface area contributed by atoms with Crippen LogP contribution in [0.2, 0.25) is 0 Å². The molecule has 0 radical (unpaired) electrons. The highest BCUT2D eigenvalue weighted by Gasteiger charge is 2.76. The first-order chi connectivity index (χ1) is 8.29. The van der Waals surface area contributed by atoms with Gasteiger partial charge in [0.25, 0.3) is 0 Å². The third-order valence-corrected chi connectivity index (χ3v) is 6.47. The summed E-state index contributed by atoms with van der Waals surface area (Å²) in [5.74, 6) is 1.53. The molecule has 0 heterocycles. The first-order valence-corrected chi connectivity index (χ1v) is 7.36. The van der Waals surface area contributed by atoms with Crippen molar-refractivity contribution >= 4 is 5.78 Å². The van der Waals surface area contributed by atoms with Crippen molar-refractivity contribution < 1.29 is 9.53 Å². The first-order valence-electron chi connectivity index (χ1n) is 7.36. The van der Waals surface area contributed by atoms with Crippen LogP contribution in [0.4, 0.5) is 0 Å². The fourth-order valence-corrected chi connectivity index (χ4v) is 6.61. The second kappa shape index (κ2) is 3.39. The van der Waals surface area contributed by atoms with Crippen LogP contribution in [-0.4, -0.2) is 19.0 Å². The second-order valence-electron chi connectivity index (χ2n) is 7.94. The molecule has 5 atom stereocenters. The van der Waals surface area contributed by atoms with Gasteiger partial charge in [0.1, 0.15) is 5.78 Å². The van der Waals surface area contributed by atoms with E-state index in [1.54, 1.807) is 7.11 Å². The number of ether oxygens (including phenoxy) is 1. The largest absolute Gasteiger partial charge is 0.380 e. The van der Waals surface area contributed by atoms with Gasteiger partial charge in [0.15, 0.2) is 0 Å². The zero-order valence-electron chi connectivity index (χ0n) is 12.4. The number of rotatable bonds is 1. The lowest BCUT2D eigenvalue weighted by Gasteiger charge is -2.41. The topological polar surface area (TPSA) is 26.3 Å². The Morgan fingerprint density at radius 2 is 1.94 bits per heavy atom. The summed E-state index contributed by atoms with van der Waals surface area (Å²) in [7, 11) is 1.80. The number of hydrogen-bond donors (Lipinski definition) is 0. The molecular weight excluding hydrogens is 224 g/mol. The molecule has 0 aromatic carbocycles. The Labute approximate surface area is 110 Å². The van der Waals surface area contributed by atoms with Gasteiger partial charge >= 0.3 is 0 Å². The molecule has 2 nitrogen and oxygen atoms in total. The van der Waals surface area contributed by atoms with Crippen LogP contribution < -0.4 is 0 Å². The lowest BCUT2D eigenvalue weighted by molar-refractivity contribution is -0.141. The molecule has 0 aliphatic heterocycles. The summed E-state index contributed by atoms with van der Waals surface area (Å²) in [6.45, 7) is 9.36. The van der Waals surface area contributed by atoms with E-state index in [4.69, 9.17) is 4.74 Å². The normalized spacial score (nSPS) is 53.6. The Balaban J connectivity index is 2.21. The van der Waals surface area contributed by atoms with Crippen LogP contribution >= 0.6 is 0 Å². The molecule has 18 heavy (non-hydrogen) atoms. The number of ketones is 1. The molecule has 1 spiro atoms. The third kappa shape index (κ3) is 1.12. The van der Waals surface area contributed by atoms with E-state index in [0.29, 0.717) is 17.6 Å². The summed E-state index contributed by atoms with van der Waals surface area (Å²) in [6, 6.07) is 0. The monoisotopic (exact) mass is 250 g/mol. The van der Waals surface area contributed by atoms with Gasteiger partial charge in [0.05, 0.1) is 11.5 Å². The molecule has 3 aliphatic rings. The number of methoxy groups -OCH3 is 1. The highest BCUT2D eigenvalue weighted by molar-refractivity contribution is 5.90. The van der Waals surface area contributed by atoms with Crippen molar-refractivity contribution in [3.8, 4) is 0 Å². The van der Waals surface area contributed by atoms with Gasteiger partial charge in [-0.3, -0.25) is 4.79 Å². The first kappa shape index (κ1) is 12.7. The summed E-state index contributed by atoms with van der Waals surface area (Å²) in [4.78, 5) is 12.9. The van der Waals surface area contributed by atoms with Crippen LogP contribution in [0, 0.1) is 28.1 Å². The predicted molar refractivity (Wildman–Crippen MR) is 71.2 cm³/mol. The Kier molecular flexibility index (Phi) is 2.38. The maximum absolute atomic E-state index is 12.9. The minimum absolute atomic E-state index is 0.159. The Bertz CT molecular complexity index is 400. The van der Waals surface area contributed by atoms with E-state index >= 15 is 0 Å². The van der Waals surface area contributed by atoms with Crippen molar-refractivity contribution in [3.63, 3.8) is 0 Å². The van der Waals surface area contributed by atoms with Gasteiger partial charge in [-0.15, -0.1) is 0 Å². The molecular formula is C16H26O2. The van der Waals surface area contributed by atoms with Crippen LogP contribution in [-0.2, 0) is 9.53 Å². The van der Waals surface area contributed by atoms with E-state index in [-0.39, 0.29) is 22.3 Å². The average molecular weight is 250 g/mol. The van der Waals surface area contributed by atoms with Crippen LogP contribution in [0.5, 0.6) is 0 Å². The Hall–Kier alpha value is -0.370. The van der Waals surface area contributed by atoms with Gasteiger partial charge in [0, 0.05) is 13.5 Å². The molecule has 3 rings (SSSR count). The van der Waals surface area contributed by atoms with Gasteiger partial charge < -0.3 is 4.74 Å². The van der Waals surface area contributed by atoms with E-state index in [0.717, 1.165) is 19.3 Å². The minimum atomic E-state index is -0.176. The molecule has 3 aliphatic carbocycles. The zero-order chi connectivity index (χ0) is 13.3. The summed E-state index contributed by atoms with van der Waals surface area (Å²) in [5.41, 5.74) is 0.270.